The van der Waals surface area contributed by atoms with Crippen LogP contribution in [-0.2, 0) is 6.42 Å². The highest BCUT2D eigenvalue weighted by Crippen LogP contribution is 2.10. The molecule has 0 atom stereocenters. The molecule has 0 unspecified atom stereocenters. The molecule has 0 bridgehead atoms. The first-order chi connectivity index (χ1) is 6.83. The van der Waals surface area contributed by atoms with Gasteiger partial charge in [0.2, 0.25) is 0 Å². The highest BCUT2D eigenvalue weighted by Gasteiger charge is 2.03. The summed E-state index contributed by atoms with van der Waals surface area (Å²) in [6.45, 7) is 2.08. The fraction of sp³-hybridized carbons (Fsp3) is 0.222. The topological polar surface area (TPSA) is 46.5 Å². The van der Waals surface area contributed by atoms with E-state index in [1.165, 1.54) is 6.33 Å². The number of aryl methyl sites for hydroxylation is 1. The molecule has 0 saturated heterocycles. The average molecular weight is 206 g/mol. The van der Waals surface area contributed by atoms with E-state index in [1.54, 1.807) is 12.4 Å². The lowest BCUT2D eigenvalue weighted by Crippen LogP contribution is -2.00. The molecule has 2 aromatic rings. The van der Waals surface area contributed by atoms with E-state index in [0.717, 1.165) is 17.8 Å². The number of aromatic nitrogens is 4. The lowest BCUT2D eigenvalue weighted by Gasteiger charge is -2.04. The minimum absolute atomic E-state index is 0.677. The summed E-state index contributed by atoms with van der Waals surface area (Å²) in [6.07, 6.45) is 7.83. The van der Waals surface area contributed by atoms with Gasteiger partial charge in [0.25, 0.3) is 0 Å². The SMILES string of the molecule is CCc1c[nH]c(=S)n1-c1cncnc1. The Kier molecular flexibility index (Phi) is 2.41. The normalized spacial score (nSPS) is 10.4. The van der Waals surface area contributed by atoms with Gasteiger partial charge in [0.15, 0.2) is 4.77 Å². The van der Waals surface area contributed by atoms with Crippen LogP contribution in [0, 0.1) is 4.77 Å². The molecule has 5 heteroatoms. The van der Waals surface area contributed by atoms with E-state index in [1.807, 2.05) is 10.8 Å². The zero-order chi connectivity index (χ0) is 9.97. The zero-order valence-electron chi connectivity index (χ0n) is 7.77. The number of nitrogens with zero attached hydrogens (tertiary/aromatic N) is 3. The third-order valence-corrected chi connectivity index (χ3v) is 2.32. The van der Waals surface area contributed by atoms with Crippen LogP contribution in [0.3, 0.4) is 0 Å². The van der Waals surface area contributed by atoms with Crippen LogP contribution in [0.15, 0.2) is 24.9 Å². The van der Waals surface area contributed by atoms with Crippen molar-refractivity contribution in [2.24, 2.45) is 0 Å². The molecular formula is C9H10N4S. The van der Waals surface area contributed by atoms with Gasteiger partial charge in [0.1, 0.15) is 6.33 Å². The van der Waals surface area contributed by atoms with Crippen molar-refractivity contribution in [3.8, 4) is 5.69 Å². The number of hydrogen-bond acceptors (Lipinski definition) is 3. The second-order valence-electron chi connectivity index (χ2n) is 2.87. The van der Waals surface area contributed by atoms with Crippen molar-refractivity contribution < 1.29 is 0 Å². The molecule has 4 nitrogen and oxygen atoms in total. The predicted molar refractivity (Wildman–Crippen MR) is 55.9 cm³/mol. The first kappa shape index (κ1) is 9.08. The van der Waals surface area contributed by atoms with Crippen molar-refractivity contribution in [2.75, 3.05) is 0 Å². The second kappa shape index (κ2) is 3.71. The van der Waals surface area contributed by atoms with Gasteiger partial charge in [0.05, 0.1) is 18.1 Å². The predicted octanol–water partition coefficient (Wildman–Crippen LogP) is 1.89. The van der Waals surface area contributed by atoms with Crippen LogP contribution >= 0.6 is 12.2 Å². The lowest BCUT2D eigenvalue weighted by molar-refractivity contribution is 0.904. The summed E-state index contributed by atoms with van der Waals surface area (Å²) in [5.41, 5.74) is 2.03. The Balaban J connectivity index is 2.61. The van der Waals surface area contributed by atoms with E-state index in [9.17, 15) is 0 Å². The molecule has 1 N–H and O–H groups in total. The Morgan fingerprint density at radius 2 is 2.14 bits per heavy atom. The summed E-state index contributed by atoms with van der Waals surface area (Å²) in [4.78, 5) is 10.9. The van der Waals surface area contributed by atoms with E-state index >= 15 is 0 Å². The number of aromatic amines is 1. The Labute approximate surface area is 86.7 Å². The van der Waals surface area contributed by atoms with Crippen LogP contribution in [0.4, 0.5) is 0 Å². The van der Waals surface area contributed by atoms with Crippen molar-refractivity contribution in [1.29, 1.82) is 0 Å². The fourth-order valence-corrected chi connectivity index (χ4v) is 1.64. The molecule has 2 heterocycles. The maximum absolute atomic E-state index is 5.17. The van der Waals surface area contributed by atoms with E-state index in [0.29, 0.717) is 4.77 Å². The highest BCUT2D eigenvalue weighted by molar-refractivity contribution is 7.71. The second-order valence-corrected chi connectivity index (χ2v) is 3.26. The van der Waals surface area contributed by atoms with Gasteiger partial charge < -0.3 is 4.98 Å². The maximum Gasteiger partial charge on any atom is 0.182 e. The molecule has 0 spiro atoms. The van der Waals surface area contributed by atoms with E-state index in [2.05, 4.69) is 21.9 Å². The summed E-state index contributed by atoms with van der Waals surface area (Å²) in [7, 11) is 0. The molecule has 2 rings (SSSR count). The largest absolute Gasteiger partial charge is 0.337 e. The minimum atomic E-state index is 0.677. The van der Waals surface area contributed by atoms with Gasteiger partial charge in [-0.3, -0.25) is 4.57 Å². The molecule has 0 aliphatic heterocycles. The fourth-order valence-electron chi connectivity index (χ4n) is 1.35. The standard InChI is InChI=1S/C9H10N4S/c1-2-7-5-12-9(14)13(7)8-3-10-6-11-4-8/h3-6H,2H2,1H3,(H,12,14). The molecule has 72 valence electrons. The van der Waals surface area contributed by atoms with Gasteiger partial charge in [-0.25, -0.2) is 9.97 Å². The molecule has 0 amide bonds. The summed E-state index contributed by atoms with van der Waals surface area (Å²) < 4.78 is 2.62. The van der Waals surface area contributed by atoms with Gasteiger partial charge in [-0.15, -0.1) is 0 Å². The average Bonchev–Trinajstić information content (AvgIpc) is 2.61. The van der Waals surface area contributed by atoms with Gasteiger partial charge in [0, 0.05) is 11.9 Å². The van der Waals surface area contributed by atoms with Gasteiger partial charge in [-0.1, -0.05) is 6.92 Å². The van der Waals surface area contributed by atoms with Gasteiger partial charge in [-0.05, 0) is 18.6 Å². The van der Waals surface area contributed by atoms with E-state index in [4.69, 9.17) is 12.2 Å². The molecule has 0 aliphatic rings. The Hall–Kier alpha value is -1.49. The maximum atomic E-state index is 5.17. The monoisotopic (exact) mass is 206 g/mol. The van der Waals surface area contributed by atoms with E-state index in [-0.39, 0.29) is 0 Å². The summed E-state index contributed by atoms with van der Waals surface area (Å²) >= 11 is 5.17. The Morgan fingerprint density at radius 3 is 2.79 bits per heavy atom. The van der Waals surface area contributed by atoms with Crippen LogP contribution in [0.1, 0.15) is 12.6 Å². The molecule has 2 aromatic heterocycles. The first-order valence-corrected chi connectivity index (χ1v) is 4.78. The number of rotatable bonds is 2. The van der Waals surface area contributed by atoms with Crippen LogP contribution in [-0.4, -0.2) is 19.5 Å². The molecule has 0 fully saturated rings. The van der Waals surface area contributed by atoms with Gasteiger partial charge in [-0.2, -0.15) is 0 Å². The number of nitrogens with one attached hydrogen (secondary N) is 1. The van der Waals surface area contributed by atoms with Crippen LogP contribution in [0.2, 0.25) is 0 Å². The number of hydrogen-bond donors (Lipinski definition) is 1. The van der Waals surface area contributed by atoms with Crippen molar-refractivity contribution in [1.82, 2.24) is 19.5 Å². The number of H-pyrrole nitrogens is 1. The van der Waals surface area contributed by atoms with Crippen LogP contribution < -0.4 is 0 Å². The van der Waals surface area contributed by atoms with Crippen molar-refractivity contribution in [3.05, 3.63) is 35.4 Å². The molecule has 14 heavy (non-hydrogen) atoms. The van der Waals surface area contributed by atoms with Gasteiger partial charge >= 0.3 is 0 Å². The highest BCUT2D eigenvalue weighted by atomic mass is 32.1. The molecule has 0 aliphatic carbocycles. The number of imidazole rings is 1. The summed E-state index contributed by atoms with van der Waals surface area (Å²) in [6, 6.07) is 0. The third-order valence-electron chi connectivity index (χ3n) is 2.02. The third kappa shape index (κ3) is 1.46. The first-order valence-electron chi connectivity index (χ1n) is 4.37. The van der Waals surface area contributed by atoms with Crippen molar-refractivity contribution >= 4 is 12.2 Å². The van der Waals surface area contributed by atoms with Crippen molar-refractivity contribution in [2.45, 2.75) is 13.3 Å². The Morgan fingerprint density at radius 1 is 1.43 bits per heavy atom. The molecular weight excluding hydrogens is 196 g/mol. The quantitative estimate of drug-likeness (QED) is 0.763. The zero-order valence-corrected chi connectivity index (χ0v) is 8.58. The van der Waals surface area contributed by atoms with E-state index < -0.39 is 0 Å². The minimum Gasteiger partial charge on any atom is -0.337 e. The molecule has 0 saturated carbocycles. The molecule has 0 radical (unpaired) electrons. The van der Waals surface area contributed by atoms with Crippen molar-refractivity contribution in [3.63, 3.8) is 0 Å². The summed E-state index contributed by atoms with van der Waals surface area (Å²) in [5, 5.41) is 0. The van der Waals surface area contributed by atoms with Crippen LogP contribution in [0.25, 0.3) is 5.69 Å². The lowest BCUT2D eigenvalue weighted by atomic mass is 10.3. The Bertz CT molecular complexity index is 471. The van der Waals surface area contributed by atoms with Crippen LogP contribution in [0.5, 0.6) is 0 Å². The molecule has 0 aromatic carbocycles. The summed E-state index contributed by atoms with van der Waals surface area (Å²) in [5.74, 6) is 0. The smallest absolute Gasteiger partial charge is 0.182 e.